The predicted molar refractivity (Wildman–Crippen MR) is 140 cm³/mol. The Labute approximate surface area is 211 Å². The third kappa shape index (κ3) is 5.83. The summed E-state index contributed by atoms with van der Waals surface area (Å²) in [6, 6.07) is 23.7. The number of ether oxygens (including phenoxy) is 3. The Kier molecular flexibility index (Phi) is 8.18. The molecule has 1 unspecified atom stereocenters. The molecule has 0 amide bonds. The average molecular weight is 486 g/mol. The highest BCUT2D eigenvalue weighted by Gasteiger charge is 2.21. The molecule has 0 fully saturated rings. The highest BCUT2D eigenvalue weighted by molar-refractivity contribution is 5.97. The molecular weight excluding hydrogens is 454 g/mol. The predicted octanol–water partition coefficient (Wildman–Crippen LogP) is 6.30. The molecule has 186 valence electrons. The van der Waals surface area contributed by atoms with Crippen molar-refractivity contribution in [3.05, 3.63) is 90.1 Å². The van der Waals surface area contributed by atoms with E-state index in [9.17, 15) is 9.90 Å². The molecule has 0 spiro atoms. The summed E-state index contributed by atoms with van der Waals surface area (Å²) >= 11 is 0. The largest absolute Gasteiger partial charge is 0.490 e. The maximum Gasteiger partial charge on any atom is 0.333 e. The molecule has 4 rings (SSSR count). The topological polar surface area (TPSA) is 77.9 Å². The van der Waals surface area contributed by atoms with E-state index in [2.05, 4.69) is 18.2 Å². The second kappa shape index (κ2) is 11.7. The van der Waals surface area contributed by atoms with Crippen molar-refractivity contribution in [1.82, 2.24) is 4.98 Å². The van der Waals surface area contributed by atoms with Gasteiger partial charge in [0.2, 0.25) is 0 Å². The number of carboxylic acids is 1. The third-order valence-corrected chi connectivity index (χ3v) is 5.76. The number of hydrogen-bond acceptors (Lipinski definition) is 5. The molecule has 0 saturated heterocycles. The number of rotatable bonds is 11. The molecule has 1 aromatic heterocycles. The van der Waals surface area contributed by atoms with E-state index in [0.717, 1.165) is 38.9 Å². The lowest BCUT2D eigenvalue weighted by Crippen LogP contribution is -2.26. The van der Waals surface area contributed by atoms with Crippen molar-refractivity contribution < 1.29 is 24.1 Å². The maximum atomic E-state index is 11.6. The van der Waals surface area contributed by atoms with E-state index in [-0.39, 0.29) is 19.1 Å². The highest BCUT2D eigenvalue weighted by atomic mass is 16.5. The van der Waals surface area contributed by atoms with Gasteiger partial charge in [0, 0.05) is 30.2 Å². The number of nitrogens with zero attached hydrogens (tertiary/aromatic N) is 1. The molecule has 0 aliphatic heterocycles. The van der Waals surface area contributed by atoms with Crippen LogP contribution >= 0.6 is 0 Å². The molecule has 36 heavy (non-hydrogen) atoms. The summed E-state index contributed by atoms with van der Waals surface area (Å²) in [5.74, 6) is 0.354. The minimum Gasteiger partial charge on any atom is -0.490 e. The van der Waals surface area contributed by atoms with E-state index in [1.165, 1.54) is 0 Å². The van der Waals surface area contributed by atoms with Crippen molar-refractivity contribution in [3.8, 4) is 22.6 Å². The number of para-hydroxylation sites is 2. The van der Waals surface area contributed by atoms with Crippen molar-refractivity contribution in [2.24, 2.45) is 0 Å². The molecule has 0 aliphatic carbocycles. The van der Waals surface area contributed by atoms with Gasteiger partial charge in [-0.05, 0) is 44.0 Å². The van der Waals surface area contributed by atoms with Crippen LogP contribution in [0.15, 0.2) is 79.0 Å². The van der Waals surface area contributed by atoms with Crippen LogP contribution in [0.2, 0.25) is 0 Å². The summed E-state index contributed by atoms with van der Waals surface area (Å²) in [5.41, 5.74) is 4.58. The van der Waals surface area contributed by atoms with Crippen LogP contribution in [0.4, 0.5) is 0 Å². The van der Waals surface area contributed by atoms with Crippen LogP contribution < -0.4 is 9.47 Å². The van der Waals surface area contributed by atoms with E-state index in [1.807, 2.05) is 68.4 Å². The first kappa shape index (κ1) is 25.2. The Morgan fingerprint density at radius 1 is 0.944 bits per heavy atom. The number of aliphatic carboxylic acids is 1. The Hall–Kier alpha value is -3.90. The zero-order valence-corrected chi connectivity index (χ0v) is 20.8. The molecule has 0 bridgehead atoms. The van der Waals surface area contributed by atoms with Gasteiger partial charge in [0.1, 0.15) is 18.1 Å². The molecule has 1 atom stereocenters. The molecule has 1 N–H and O–H groups in total. The first-order valence-corrected chi connectivity index (χ1v) is 12.2. The van der Waals surface area contributed by atoms with Crippen LogP contribution in [-0.4, -0.2) is 34.9 Å². The van der Waals surface area contributed by atoms with Crippen molar-refractivity contribution in [2.75, 3.05) is 6.61 Å². The molecule has 1 heterocycles. The minimum absolute atomic E-state index is 0.0375. The van der Waals surface area contributed by atoms with E-state index >= 15 is 0 Å². The standard InChI is InChI=1S/C30H31NO5/c1-4-34-27(30(32)33)17-22-13-8-9-16-26(22)35-19-23-18-31-28-24(21-11-6-5-7-12-21)14-10-15-25(28)29(23)36-20(2)3/h5-16,18,20,27H,4,17,19H2,1-3H3,(H,32,33). The van der Waals surface area contributed by atoms with Crippen LogP contribution in [-0.2, 0) is 22.6 Å². The zero-order chi connectivity index (χ0) is 25.5. The summed E-state index contributed by atoms with van der Waals surface area (Å²) in [6.07, 6.45) is 1.04. The van der Waals surface area contributed by atoms with Crippen LogP contribution in [0.25, 0.3) is 22.0 Å². The van der Waals surface area contributed by atoms with Gasteiger partial charge in [-0.15, -0.1) is 0 Å². The van der Waals surface area contributed by atoms with Gasteiger partial charge in [0.15, 0.2) is 6.10 Å². The number of carbonyl (C=O) groups is 1. The molecule has 0 saturated carbocycles. The van der Waals surface area contributed by atoms with E-state index in [0.29, 0.717) is 12.4 Å². The number of pyridine rings is 1. The summed E-state index contributed by atoms with van der Waals surface area (Å²) < 4.78 is 17.9. The molecule has 6 heteroatoms. The van der Waals surface area contributed by atoms with Crippen molar-refractivity contribution in [1.29, 1.82) is 0 Å². The summed E-state index contributed by atoms with van der Waals surface area (Å²) in [7, 11) is 0. The Morgan fingerprint density at radius 2 is 1.69 bits per heavy atom. The van der Waals surface area contributed by atoms with Gasteiger partial charge in [0.25, 0.3) is 0 Å². The molecule has 4 aromatic rings. The van der Waals surface area contributed by atoms with Gasteiger partial charge < -0.3 is 19.3 Å². The Balaban J connectivity index is 1.67. The fourth-order valence-electron chi connectivity index (χ4n) is 4.16. The van der Waals surface area contributed by atoms with E-state index in [4.69, 9.17) is 19.2 Å². The SMILES string of the molecule is CCOC(Cc1ccccc1OCc1cnc2c(-c3ccccc3)cccc2c1OC(C)C)C(=O)O. The monoisotopic (exact) mass is 485 g/mol. The fraction of sp³-hybridized carbons (Fsp3) is 0.267. The molecule has 6 nitrogen and oxygen atoms in total. The van der Waals surface area contributed by atoms with E-state index < -0.39 is 12.1 Å². The molecule has 3 aromatic carbocycles. The number of benzene rings is 3. The summed E-state index contributed by atoms with van der Waals surface area (Å²) in [6.45, 7) is 6.32. The zero-order valence-electron chi connectivity index (χ0n) is 20.8. The summed E-state index contributed by atoms with van der Waals surface area (Å²) in [5, 5.41) is 10.4. The number of fused-ring (bicyclic) bond motifs is 1. The van der Waals surface area contributed by atoms with Crippen LogP contribution in [0.3, 0.4) is 0 Å². The number of carboxylic acid groups (broad SMARTS) is 1. The first-order valence-electron chi connectivity index (χ1n) is 12.2. The molecular formula is C30H31NO5. The highest BCUT2D eigenvalue weighted by Crippen LogP contribution is 2.35. The number of aromatic nitrogens is 1. The first-order chi connectivity index (χ1) is 17.5. The minimum atomic E-state index is -0.993. The fourth-order valence-corrected chi connectivity index (χ4v) is 4.16. The van der Waals surface area contributed by atoms with Gasteiger partial charge in [-0.2, -0.15) is 0 Å². The molecule has 0 aliphatic rings. The lowest BCUT2D eigenvalue weighted by molar-refractivity contribution is -0.149. The Morgan fingerprint density at radius 3 is 2.42 bits per heavy atom. The molecule has 0 radical (unpaired) electrons. The van der Waals surface area contributed by atoms with E-state index in [1.54, 1.807) is 13.1 Å². The third-order valence-electron chi connectivity index (χ3n) is 5.76. The van der Waals surface area contributed by atoms with Crippen molar-refractivity contribution in [2.45, 2.75) is 46.0 Å². The van der Waals surface area contributed by atoms with Gasteiger partial charge in [-0.25, -0.2) is 4.79 Å². The Bertz CT molecular complexity index is 1320. The maximum absolute atomic E-state index is 11.6. The second-order valence-corrected chi connectivity index (χ2v) is 8.73. The van der Waals surface area contributed by atoms with Gasteiger partial charge in [-0.1, -0.05) is 60.7 Å². The normalized spacial score (nSPS) is 12.0. The van der Waals surface area contributed by atoms with Gasteiger partial charge in [0.05, 0.1) is 17.2 Å². The van der Waals surface area contributed by atoms with Crippen molar-refractivity contribution in [3.63, 3.8) is 0 Å². The van der Waals surface area contributed by atoms with Crippen LogP contribution in [0.5, 0.6) is 11.5 Å². The summed E-state index contributed by atoms with van der Waals surface area (Å²) in [4.78, 5) is 16.4. The smallest absolute Gasteiger partial charge is 0.333 e. The van der Waals surface area contributed by atoms with Crippen molar-refractivity contribution >= 4 is 16.9 Å². The average Bonchev–Trinajstić information content (AvgIpc) is 2.88. The number of hydrogen-bond donors (Lipinski definition) is 1. The second-order valence-electron chi connectivity index (χ2n) is 8.73. The van der Waals surface area contributed by atoms with Crippen LogP contribution in [0, 0.1) is 0 Å². The quantitative estimate of drug-likeness (QED) is 0.269. The van der Waals surface area contributed by atoms with Gasteiger partial charge >= 0.3 is 5.97 Å². The lowest BCUT2D eigenvalue weighted by Gasteiger charge is -2.19. The van der Waals surface area contributed by atoms with Gasteiger partial charge in [-0.3, -0.25) is 4.98 Å². The van der Waals surface area contributed by atoms with Crippen LogP contribution in [0.1, 0.15) is 31.9 Å². The lowest BCUT2D eigenvalue weighted by atomic mass is 10.0.